The molecule has 0 atom stereocenters. The van der Waals surface area contributed by atoms with Gasteiger partial charge in [-0.25, -0.2) is 18.4 Å². The Kier molecular flexibility index (Phi) is 4.98. The van der Waals surface area contributed by atoms with E-state index in [0.29, 0.717) is 53.7 Å². The van der Waals surface area contributed by atoms with Crippen molar-refractivity contribution in [1.29, 1.82) is 0 Å². The van der Waals surface area contributed by atoms with Crippen molar-refractivity contribution < 1.29 is 17.9 Å². The van der Waals surface area contributed by atoms with Crippen LogP contribution >= 0.6 is 11.6 Å². The number of halogens is 1. The van der Waals surface area contributed by atoms with Crippen LogP contribution in [0, 0.1) is 0 Å². The number of benzene rings is 2. The molecule has 12 heteroatoms. The van der Waals surface area contributed by atoms with Crippen molar-refractivity contribution in [3.8, 4) is 22.8 Å². The van der Waals surface area contributed by atoms with Crippen molar-refractivity contribution >= 4 is 44.3 Å². The molecule has 0 unspecified atom stereocenters. The number of hydrogen-bond donors (Lipinski definition) is 3. The fourth-order valence-electron chi connectivity index (χ4n) is 3.26. The number of ether oxygens (including phenoxy) is 2. The second-order valence-electron chi connectivity index (χ2n) is 7.00. The Hall–Kier alpha value is -3.57. The molecule has 2 aromatic heterocycles. The van der Waals surface area contributed by atoms with Crippen LogP contribution in [0.2, 0.25) is 5.02 Å². The zero-order valence-electron chi connectivity index (χ0n) is 16.5. The van der Waals surface area contributed by atoms with Crippen molar-refractivity contribution in [3.05, 3.63) is 47.6 Å². The van der Waals surface area contributed by atoms with E-state index in [1.807, 2.05) is 0 Å². The SMILES string of the molecule is Nc1[nH]nc2nc(-c3ccc(NS(=O)(=O)c4ccc5c(c4Cl)OCCCO5)cc3)cnc12. The van der Waals surface area contributed by atoms with E-state index < -0.39 is 10.0 Å². The monoisotopic (exact) mass is 472 g/mol. The molecule has 0 fully saturated rings. The van der Waals surface area contributed by atoms with Crippen molar-refractivity contribution in [1.82, 2.24) is 20.2 Å². The smallest absolute Gasteiger partial charge is 0.263 e. The zero-order valence-corrected chi connectivity index (χ0v) is 18.1. The molecule has 0 bridgehead atoms. The highest BCUT2D eigenvalue weighted by Gasteiger charge is 2.25. The van der Waals surface area contributed by atoms with Crippen molar-refractivity contribution in [2.75, 3.05) is 23.7 Å². The minimum atomic E-state index is -3.97. The Bertz CT molecular complexity index is 1420. The van der Waals surface area contributed by atoms with Crippen LogP contribution in [0.3, 0.4) is 0 Å². The van der Waals surface area contributed by atoms with E-state index in [0.717, 1.165) is 5.56 Å². The number of nitrogens with one attached hydrogen (secondary N) is 2. The van der Waals surface area contributed by atoms with Crippen LogP contribution in [0.5, 0.6) is 11.5 Å². The van der Waals surface area contributed by atoms with Gasteiger partial charge in [0.25, 0.3) is 10.0 Å². The van der Waals surface area contributed by atoms with E-state index in [1.54, 1.807) is 36.5 Å². The molecule has 0 aliphatic carbocycles. The first-order valence-corrected chi connectivity index (χ1v) is 11.5. The molecular formula is C20H17ClN6O4S. The number of sulfonamides is 1. The molecule has 32 heavy (non-hydrogen) atoms. The summed E-state index contributed by atoms with van der Waals surface area (Å²) in [5.74, 6) is 1.00. The summed E-state index contributed by atoms with van der Waals surface area (Å²) >= 11 is 6.35. The molecule has 3 heterocycles. The lowest BCUT2D eigenvalue weighted by Crippen LogP contribution is -2.14. The third kappa shape index (κ3) is 3.65. The van der Waals surface area contributed by atoms with E-state index in [9.17, 15) is 8.42 Å². The average molecular weight is 473 g/mol. The lowest BCUT2D eigenvalue weighted by atomic mass is 10.1. The van der Waals surface area contributed by atoms with E-state index in [1.165, 1.54) is 6.07 Å². The number of nitrogens with zero attached hydrogens (tertiary/aromatic N) is 3. The Morgan fingerprint density at radius 1 is 1.09 bits per heavy atom. The summed E-state index contributed by atoms with van der Waals surface area (Å²) in [6.45, 7) is 0.871. The predicted molar refractivity (Wildman–Crippen MR) is 119 cm³/mol. The van der Waals surface area contributed by atoms with E-state index in [-0.39, 0.29) is 15.7 Å². The van der Waals surface area contributed by atoms with Crippen molar-refractivity contribution in [3.63, 3.8) is 0 Å². The molecular weight excluding hydrogens is 456 g/mol. The summed E-state index contributed by atoms with van der Waals surface area (Å²) in [6, 6.07) is 9.62. The maximum absolute atomic E-state index is 13.0. The molecule has 0 radical (unpaired) electrons. The second kappa shape index (κ2) is 7.84. The lowest BCUT2D eigenvalue weighted by Gasteiger charge is -2.14. The van der Waals surface area contributed by atoms with Crippen LogP contribution < -0.4 is 19.9 Å². The number of anilines is 2. The molecule has 4 N–H and O–H groups in total. The molecule has 0 spiro atoms. The van der Waals surface area contributed by atoms with Crippen LogP contribution in [0.1, 0.15) is 6.42 Å². The minimum Gasteiger partial charge on any atom is -0.490 e. The van der Waals surface area contributed by atoms with Gasteiger partial charge in [-0.1, -0.05) is 23.7 Å². The van der Waals surface area contributed by atoms with Gasteiger partial charge in [-0.15, -0.1) is 0 Å². The van der Waals surface area contributed by atoms with Crippen LogP contribution in [-0.4, -0.2) is 41.8 Å². The number of rotatable bonds is 4. The quantitative estimate of drug-likeness (QED) is 0.410. The first kappa shape index (κ1) is 20.3. The number of fused-ring (bicyclic) bond motifs is 2. The number of nitrogen functional groups attached to an aromatic ring is 1. The Morgan fingerprint density at radius 3 is 2.69 bits per heavy atom. The molecule has 4 aromatic rings. The number of hydrogen-bond acceptors (Lipinski definition) is 8. The summed E-state index contributed by atoms with van der Waals surface area (Å²) in [4.78, 5) is 8.57. The van der Waals surface area contributed by atoms with E-state index in [4.69, 9.17) is 26.8 Å². The molecule has 0 saturated carbocycles. The van der Waals surface area contributed by atoms with Crippen molar-refractivity contribution in [2.24, 2.45) is 0 Å². The van der Waals surface area contributed by atoms with Gasteiger partial charge in [-0.2, -0.15) is 5.10 Å². The predicted octanol–water partition coefficient (Wildman–Crippen LogP) is 3.22. The van der Waals surface area contributed by atoms with E-state index in [2.05, 4.69) is 24.9 Å². The first-order valence-electron chi connectivity index (χ1n) is 9.60. The lowest BCUT2D eigenvalue weighted by molar-refractivity contribution is 0.297. The zero-order chi connectivity index (χ0) is 22.3. The van der Waals surface area contributed by atoms with Gasteiger partial charge in [0.15, 0.2) is 17.0 Å². The van der Waals surface area contributed by atoms with Crippen molar-refractivity contribution in [2.45, 2.75) is 11.3 Å². The molecule has 1 aliphatic rings. The summed E-state index contributed by atoms with van der Waals surface area (Å²) in [5.41, 5.74) is 8.29. The Balaban J connectivity index is 1.40. The van der Waals surface area contributed by atoms with Crippen LogP contribution in [-0.2, 0) is 10.0 Å². The molecule has 0 amide bonds. The highest BCUT2D eigenvalue weighted by atomic mass is 35.5. The molecule has 5 rings (SSSR count). The summed E-state index contributed by atoms with van der Waals surface area (Å²) in [6.07, 6.45) is 2.26. The molecule has 2 aromatic carbocycles. The summed E-state index contributed by atoms with van der Waals surface area (Å²) in [5, 5.41) is 6.61. The topological polar surface area (TPSA) is 145 Å². The third-order valence-electron chi connectivity index (χ3n) is 4.83. The van der Waals surface area contributed by atoms with E-state index >= 15 is 0 Å². The Labute approximate surface area is 187 Å². The fourth-order valence-corrected chi connectivity index (χ4v) is 4.91. The largest absolute Gasteiger partial charge is 0.490 e. The van der Waals surface area contributed by atoms with Crippen LogP contribution in [0.25, 0.3) is 22.4 Å². The van der Waals surface area contributed by atoms with Gasteiger partial charge in [0.1, 0.15) is 15.7 Å². The van der Waals surface area contributed by atoms with Gasteiger partial charge in [-0.3, -0.25) is 9.82 Å². The Morgan fingerprint density at radius 2 is 1.88 bits per heavy atom. The number of aromatic nitrogens is 4. The van der Waals surface area contributed by atoms with Gasteiger partial charge in [0.05, 0.1) is 25.1 Å². The van der Waals surface area contributed by atoms with Gasteiger partial charge < -0.3 is 15.2 Å². The maximum Gasteiger partial charge on any atom is 0.263 e. The highest BCUT2D eigenvalue weighted by Crippen LogP contribution is 2.41. The van der Waals surface area contributed by atoms with Crippen LogP contribution in [0.4, 0.5) is 11.5 Å². The van der Waals surface area contributed by atoms with Gasteiger partial charge in [0, 0.05) is 17.7 Å². The first-order chi connectivity index (χ1) is 15.4. The maximum atomic E-state index is 13.0. The second-order valence-corrected chi connectivity index (χ2v) is 9.03. The normalized spacial score (nSPS) is 13.7. The minimum absolute atomic E-state index is 0.0182. The summed E-state index contributed by atoms with van der Waals surface area (Å²) in [7, 11) is -3.97. The molecule has 1 aliphatic heterocycles. The third-order valence-corrected chi connectivity index (χ3v) is 6.74. The van der Waals surface area contributed by atoms with Gasteiger partial charge in [0.2, 0.25) is 5.65 Å². The van der Waals surface area contributed by atoms with Gasteiger partial charge in [-0.05, 0) is 24.3 Å². The summed E-state index contributed by atoms with van der Waals surface area (Å²) < 4.78 is 39.6. The van der Waals surface area contributed by atoms with Crippen LogP contribution in [0.15, 0.2) is 47.5 Å². The van der Waals surface area contributed by atoms with Gasteiger partial charge >= 0.3 is 0 Å². The average Bonchev–Trinajstić information content (AvgIpc) is 2.98. The number of nitrogens with two attached hydrogens (primary N) is 1. The highest BCUT2D eigenvalue weighted by molar-refractivity contribution is 7.92. The number of H-pyrrole nitrogens is 1. The number of aromatic amines is 1. The standard InChI is InChI=1S/C20H17ClN6O4S/c21-16-15(7-6-14-18(16)31-9-1-8-30-14)32(28,29)27-12-4-2-11(3-5-12)13-10-23-17-19(22)25-26-20(17)24-13/h2-7,10,27H,1,8-9H2,(H3,22,24,25,26). The fraction of sp³-hybridized carbons (Fsp3) is 0.150. The molecule has 0 saturated heterocycles. The molecule has 164 valence electrons. The molecule has 10 nitrogen and oxygen atoms in total.